The van der Waals surface area contributed by atoms with E-state index in [4.69, 9.17) is 4.42 Å². The number of ketones is 2. The van der Waals surface area contributed by atoms with Gasteiger partial charge in [0, 0.05) is 22.7 Å². The van der Waals surface area contributed by atoms with E-state index in [0.717, 1.165) is 37.7 Å². The van der Waals surface area contributed by atoms with E-state index in [1.165, 1.54) is 32.1 Å². The van der Waals surface area contributed by atoms with Crippen LogP contribution in [0.5, 0.6) is 0 Å². The normalized spacial score (nSPS) is 16.8. The second kappa shape index (κ2) is 8.34. The molecular weight excluding hydrogens is 350 g/mol. The largest absolute Gasteiger partial charge is 0.436 e. The first kappa shape index (κ1) is 19.0. The molecule has 1 heterocycles. The number of nitrogens with one attached hydrogen (secondary N) is 1. The Balaban J connectivity index is 1.70. The van der Waals surface area contributed by atoms with Gasteiger partial charge in [0.25, 0.3) is 0 Å². The number of hydrogen-bond acceptors (Lipinski definition) is 4. The molecule has 1 saturated carbocycles. The predicted octanol–water partition coefficient (Wildman–Crippen LogP) is 5.92. The molecule has 4 rings (SSSR count). The molecule has 1 aromatic heterocycles. The number of unbranched alkanes of at least 4 members (excludes halogenated alkanes) is 3. The fourth-order valence-corrected chi connectivity index (χ4v) is 4.52. The van der Waals surface area contributed by atoms with Crippen molar-refractivity contribution in [3.8, 4) is 0 Å². The minimum atomic E-state index is -0.170. The lowest BCUT2D eigenvalue weighted by Crippen LogP contribution is -2.22. The average Bonchev–Trinajstić information content (AvgIpc) is 3.09. The summed E-state index contributed by atoms with van der Waals surface area (Å²) in [6.45, 7) is 2.19. The first-order valence-corrected chi connectivity index (χ1v) is 10.8. The third kappa shape index (κ3) is 3.52. The van der Waals surface area contributed by atoms with Gasteiger partial charge >= 0.3 is 0 Å². The summed E-state index contributed by atoms with van der Waals surface area (Å²) in [5.74, 6) is 0.642. The SMILES string of the molecule is CCCCCCc1c(NC2CCCCC2)oc2c1C(=O)c1ccccc1C2=O. The van der Waals surface area contributed by atoms with E-state index in [-0.39, 0.29) is 17.3 Å². The molecular formula is C24H29NO3. The van der Waals surface area contributed by atoms with E-state index in [0.29, 0.717) is 28.6 Å². The average molecular weight is 380 g/mol. The van der Waals surface area contributed by atoms with Crippen molar-refractivity contribution in [2.75, 3.05) is 5.32 Å². The van der Waals surface area contributed by atoms with Crippen LogP contribution >= 0.6 is 0 Å². The first-order valence-electron chi connectivity index (χ1n) is 10.8. The third-order valence-corrected chi connectivity index (χ3v) is 6.08. The molecule has 2 aliphatic rings. The standard InChI is InChI=1S/C24H29NO3/c1-2-3-4-8-15-19-20-21(26)17-13-9-10-14-18(17)22(27)23(20)28-24(19)25-16-11-6-5-7-12-16/h9-10,13-14,16,25H,2-8,11-12,15H2,1H3. The van der Waals surface area contributed by atoms with Gasteiger partial charge in [-0.25, -0.2) is 0 Å². The van der Waals surface area contributed by atoms with Crippen LogP contribution in [0.2, 0.25) is 0 Å². The highest BCUT2D eigenvalue weighted by Gasteiger charge is 2.37. The quantitative estimate of drug-likeness (QED) is 0.517. The maximum atomic E-state index is 13.2. The number of furan rings is 1. The summed E-state index contributed by atoms with van der Waals surface area (Å²) in [5.41, 5.74) is 2.36. The topological polar surface area (TPSA) is 59.3 Å². The number of benzene rings is 1. The maximum absolute atomic E-state index is 13.2. The van der Waals surface area contributed by atoms with Gasteiger partial charge < -0.3 is 9.73 Å². The van der Waals surface area contributed by atoms with Gasteiger partial charge in [0.1, 0.15) is 0 Å². The second-order valence-electron chi connectivity index (χ2n) is 8.11. The van der Waals surface area contributed by atoms with Crippen molar-refractivity contribution < 1.29 is 14.0 Å². The van der Waals surface area contributed by atoms with Gasteiger partial charge in [-0.3, -0.25) is 9.59 Å². The van der Waals surface area contributed by atoms with Gasteiger partial charge in [0.15, 0.2) is 17.4 Å². The van der Waals surface area contributed by atoms with E-state index in [1.807, 2.05) is 6.07 Å². The Morgan fingerprint density at radius 3 is 2.39 bits per heavy atom. The summed E-state index contributed by atoms with van der Waals surface area (Å²) in [4.78, 5) is 26.2. The molecule has 1 fully saturated rings. The van der Waals surface area contributed by atoms with Gasteiger partial charge in [-0.2, -0.15) is 0 Å². The maximum Gasteiger partial charge on any atom is 0.229 e. The number of anilines is 1. The fourth-order valence-electron chi connectivity index (χ4n) is 4.52. The van der Waals surface area contributed by atoms with Crippen LogP contribution in [0.25, 0.3) is 0 Å². The molecule has 0 radical (unpaired) electrons. The number of carbonyl (C=O) groups is 2. The van der Waals surface area contributed by atoms with Crippen molar-refractivity contribution in [1.82, 2.24) is 0 Å². The van der Waals surface area contributed by atoms with Crippen LogP contribution in [0, 0.1) is 0 Å². The zero-order valence-electron chi connectivity index (χ0n) is 16.7. The second-order valence-corrected chi connectivity index (χ2v) is 8.11. The van der Waals surface area contributed by atoms with Crippen LogP contribution in [0.4, 0.5) is 5.88 Å². The number of fused-ring (bicyclic) bond motifs is 2. The van der Waals surface area contributed by atoms with Crippen molar-refractivity contribution >= 4 is 17.5 Å². The minimum absolute atomic E-state index is 0.0730. The van der Waals surface area contributed by atoms with E-state index in [9.17, 15) is 9.59 Å². The van der Waals surface area contributed by atoms with E-state index in [1.54, 1.807) is 18.2 Å². The lowest BCUT2D eigenvalue weighted by molar-refractivity contribution is 0.0960. The van der Waals surface area contributed by atoms with Gasteiger partial charge in [0.2, 0.25) is 5.78 Å². The molecule has 4 heteroatoms. The van der Waals surface area contributed by atoms with Crippen LogP contribution in [0.15, 0.2) is 28.7 Å². The zero-order valence-corrected chi connectivity index (χ0v) is 16.7. The predicted molar refractivity (Wildman–Crippen MR) is 110 cm³/mol. The molecule has 0 amide bonds. The van der Waals surface area contributed by atoms with Crippen molar-refractivity contribution in [2.45, 2.75) is 77.2 Å². The summed E-state index contributed by atoms with van der Waals surface area (Å²) in [7, 11) is 0. The molecule has 148 valence electrons. The van der Waals surface area contributed by atoms with Crippen molar-refractivity contribution in [3.05, 3.63) is 52.3 Å². The van der Waals surface area contributed by atoms with Gasteiger partial charge in [-0.1, -0.05) is 69.7 Å². The molecule has 28 heavy (non-hydrogen) atoms. The lowest BCUT2D eigenvalue weighted by Gasteiger charge is -2.23. The summed E-state index contributed by atoms with van der Waals surface area (Å²) in [5, 5.41) is 3.54. The molecule has 0 atom stereocenters. The van der Waals surface area contributed by atoms with Gasteiger partial charge in [-0.05, 0) is 25.7 Å². The highest BCUT2D eigenvalue weighted by molar-refractivity contribution is 6.28. The van der Waals surface area contributed by atoms with Crippen molar-refractivity contribution in [2.24, 2.45) is 0 Å². The Kier molecular flexibility index (Phi) is 5.65. The van der Waals surface area contributed by atoms with Crippen LogP contribution in [0.3, 0.4) is 0 Å². The Morgan fingerprint density at radius 2 is 1.68 bits per heavy atom. The lowest BCUT2D eigenvalue weighted by atomic mass is 9.85. The molecule has 4 nitrogen and oxygen atoms in total. The summed E-state index contributed by atoms with van der Waals surface area (Å²) in [6.07, 6.45) is 11.2. The van der Waals surface area contributed by atoms with Gasteiger partial charge in [0.05, 0.1) is 5.56 Å². The minimum Gasteiger partial charge on any atom is -0.436 e. The van der Waals surface area contributed by atoms with Crippen LogP contribution in [0.1, 0.15) is 102 Å². The molecule has 0 bridgehead atoms. The van der Waals surface area contributed by atoms with E-state index >= 15 is 0 Å². The molecule has 2 aliphatic carbocycles. The highest BCUT2D eigenvalue weighted by atomic mass is 16.4. The molecule has 1 aromatic carbocycles. The Hall–Kier alpha value is -2.36. The molecule has 0 saturated heterocycles. The van der Waals surface area contributed by atoms with Crippen LogP contribution in [-0.2, 0) is 6.42 Å². The molecule has 2 aromatic rings. The Labute approximate surface area is 166 Å². The number of carbonyl (C=O) groups excluding carboxylic acids is 2. The van der Waals surface area contributed by atoms with Gasteiger partial charge in [-0.15, -0.1) is 0 Å². The Morgan fingerprint density at radius 1 is 0.964 bits per heavy atom. The summed E-state index contributed by atoms with van der Waals surface area (Å²) >= 11 is 0. The highest BCUT2D eigenvalue weighted by Crippen LogP contribution is 2.38. The van der Waals surface area contributed by atoms with E-state index < -0.39 is 0 Å². The third-order valence-electron chi connectivity index (χ3n) is 6.08. The monoisotopic (exact) mass is 379 g/mol. The smallest absolute Gasteiger partial charge is 0.229 e. The Bertz CT molecular complexity index is 874. The van der Waals surface area contributed by atoms with E-state index in [2.05, 4.69) is 12.2 Å². The van der Waals surface area contributed by atoms with Crippen molar-refractivity contribution in [1.29, 1.82) is 0 Å². The molecule has 1 N–H and O–H groups in total. The zero-order chi connectivity index (χ0) is 19.5. The number of hydrogen-bond donors (Lipinski definition) is 1. The summed E-state index contributed by atoms with van der Waals surface area (Å²) < 4.78 is 6.06. The summed E-state index contributed by atoms with van der Waals surface area (Å²) in [6, 6.07) is 7.45. The van der Waals surface area contributed by atoms with Crippen LogP contribution in [-0.4, -0.2) is 17.6 Å². The van der Waals surface area contributed by atoms with Crippen molar-refractivity contribution in [3.63, 3.8) is 0 Å². The molecule has 0 aliphatic heterocycles. The fraction of sp³-hybridized carbons (Fsp3) is 0.500. The first-order chi connectivity index (χ1) is 13.7. The number of rotatable bonds is 7. The molecule has 0 spiro atoms. The molecule has 0 unspecified atom stereocenters. The van der Waals surface area contributed by atoms with Crippen LogP contribution < -0.4 is 5.32 Å².